The van der Waals surface area contributed by atoms with E-state index in [0.717, 1.165) is 38.0 Å². The van der Waals surface area contributed by atoms with Gasteiger partial charge in [0, 0.05) is 11.6 Å². The van der Waals surface area contributed by atoms with E-state index in [0.29, 0.717) is 5.92 Å². The maximum absolute atomic E-state index is 15.4. The molecule has 8 atom stereocenters. The number of fused-ring (bicyclic) bond motifs is 1. The van der Waals surface area contributed by atoms with Gasteiger partial charge in [-0.1, -0.05) is 42.9 Å². The third-order valence-electron chi connectivity index (χ3n) is 6.40. The molecular weight excluding hydrogens is 316 g/mol. The summed E-state index contributed by atoms with van der Waals surface area (Å²) < 4.78 is 30.0. The van der Waals surface area contributed by atoms with Crippen LogP contribution >= 0.6 is 18.5 Å². The smallest absolute Gasteiger partial charge is 0.132 e. The Morgan fingerprint density at radius 1 is 0.955 bits per heavy atom. The lowest BCUT2D eigenvalue weighted by Gasteiger charge is -2.40. The molecule has 8 unspecified atom stereocenters. The van der Waals surface area contributed by atoms with Gasteiger partial charge in [-0.25, -0.2) is 8.78 Å². The molecule has 130 valence electrons. The third kappa shape index (κ3) is 3.54. The molecule has 0 aliphatic heterocycles. The van der Waals surface area contributed by atoms with Crippen molar-refractivity contribution in [3.63, 3.8) is 0 Å². The lowest BCUT2D eigenvalue weighted by molar-refractivity contribution is 0.0369. The van der Waals surface area contributed by atoms with E-state index in [2.05, 4.69) is 25.4 Å². The average molecular weight is 350 g/mol. The highest BCUT2D eigenvalue weighted by molar-refractivity contribution is 7.19. The van der Waals surface area contributed by atoms with Crippen molar-refractivity contribution in [2.24, 2.45) is 29.6 Å². The van der Waals surface area contributed by atoms with Gasteiger partial charge in [0.05, 0.1) is 0 Å². The van der Waals surface area contributed by atoms with E-state index in [1.165, 1.54) is 12.8 Å². The molecule has 0 amide bonds. The fourth-order valence-corrected chi connectivity index (χ4v) is 6.43. The van der Waals surface area contributed by atoms with E-state index < -0.39 is 11.6 Å². The van der Waals surface area contributed by atoms with Crippen molar-refractivity contribution >= 4 is 18.5 Å². The molecule has 0 spiro atoms. The van der Waals surface area contributed by atoms with Crippen LogP contribution in [0.2, 0.25) is 0 Å². The monoisotopic (exact) mass is 350 g/mol. The van der Waals surface area contributed by atoms with Crippen LogP contribution < -0.4 is 0 Å². The van der Waals surface area contributed by atoms with Crippen LogP contribution in [-0.2, 0) is 0 Å². The van der Waals surface area contributed by atoms with Gasteiger partial charge in [0.25, 0.3) is 0 Å². The summed E-state index contributed by atoms with van der Waals surface area (Å²) in [5, 5.41) is -1.37. The van der Waals surface area contributed by atoms with E-state index in [-0.39, 0.29) is 23.4 Å². The Morgan fingerprint density at radius 3 is 2.09 bits per heavy atom. The summed E-state index contributed by atoms with van der Waals surface area (Å²) >= 11 is 0. The Hall–Kier alpha value is 0.720. The summed E-state index contributed by atoms with van der Waals surface area (Å²) in [5.41, 5.74) is -0.0444. The van der Waals surface area contributed by atoms with Gasteiger partial charge in [-0.15, -0.1) is 9.24 Å². The Morgan fingerprint density at radius 2 is 1.50 bits per heavy atom. The lowest BCUT2D eigenvalue weighted by Crippen LogP contribution is -2.44. The van der Waals surface area contributed by atoms with Crippen LogP contribution in [0.5, 0.6) is 0 Å². The number of rotatable bonds is 1. The molecule has 0 saturated heterocycles. The van der Waals surface area contributed by atoms with E-state index in [4.69, 9.17) is 0 Å². The molecule has 22 heavy (non-hydrogen) atoms. The molecule has 0 aromatic rings. The molecular formula is C18H34F2P2. The van der Waals surface area contributed by atoms with Gasteiger partial charge in [0.1, 0.15) is 11.6 Å². The number of hydrogen-bond acceptors (Lipinski definition) is 0. The molecule has 0 bridgehead atoms. The summed E-state index contributed by atoms with van der Waals surface area (Å²) in [6.07, 6.45) is 6.60. The minimum Gasteiger partial charge on any atom is -0.246 e. The van der Waals surface area contributed by atoms with Crippen molar-refractivity contribution in [1.82, 2.24) is 0 Å². The van der Waals surface area contributed by atoms with Crippen LogP contribution in [0, 0.1) is 29.6 Å². The fourth-order valence-electron chi connectivity index (χ4n) is 5.14. The van der Waals surface area contributed by atoms with Crippen molar-refractivity contribution in [1.29, 1.82) is 0 Å². The second-order valence-corrected chi connectivity index (χ2v) is 9.40. The number of hydrogen-bond donors (Lipinski definition) is 0. The first kappa shape index (κ1) is 19.1. The average Bonchev–Trinajstić information content (AvgIpc) is 2.78. The highest BCUT2D eigenvalue weighted by Gasteiger charge is 2.60. The number of halogens is 2. The molecule has 3 fully saturated rings. The molecule has 0 aromatic carbocycles. The Balaban J connectivity index is 0.000000847. The van der Waals surface area contributed by atoms with Crippen LogP contribution in [0.15, 0.2) is 0 Å². The molecule has 3 aliphatic rings. The van der Waals surface area contributed by atoms with E-state index >= 15 is 4.39 Å². The van der Waals surface area contributed by atoms with Crippen molar-refractivity contribution in [2.75, 3.05) is 0 Å². The SMILES string of the molecule is CC.CC1CCC(C2CC3CCC(P)C(F)C3C2(F)P)CC1. The van der Waals surface area contributed by atoms with Crippen molar-refractivity contribution in [3.05, 3.63) is 0 Å². The van der Waals surface area contributed by atoms with Gasteiger partial charge >= 0.3 is 0 Å². The minimum atomic E-state index is -1.37. The van der Waals surface area contributed by atoms with Gasteiger partial charge in [0.15, 0.2) is 0 Å². The Labute approximate surface area is 140 Å². The summed E-state index contributed by atoms with van der Waals surface area (Å²) in [5.74, 6) is 1.23. The quantitative estimate of drug-likeness (QED) is 0.508. The minimum absolute atomic E-state index is 0.0444. The summed E-state index contributed by atoms with van der Waals surface area (Å²) in [6.45, 7) is 6.30. The topological polar surface area (TPSA) is 0 Å². The van der Waals surface area contributed by atoms with Gasteiger partial charge in [-0.05, 0) is 55.8 Å². The first-order valence-corrected chi connectivity index (χ1v) is 10.5. The molecule has 0 radical (unpaired) electrons. The summed E-state index contributed by atoms with van der Waals surface area (Å²) in [7, 11) is 5.05. The number of alkyl halides is 2. The van der Waals surface area contributed by atoms with Crippen LogP contribution in [0.1, 0.15) is 65.7 Å². The van der Waals surface area contributed by atoms with E-state index in [1.54, 1.807) is 0 Å². The van der Waals surface area contributed by atoms with Crippen LogP contribution in [0.25, 0.3) is 0 Å². The largest absolute Gasteiger partial charge is 0.246 e. The molecule has 4 heteroatoms. The third-order valence-corrected chi connectivity index (χ3v) is 7.91. The van der Waals surface area contributed by atoms with Crippen molar-refractivity contribution in [3.8, 4) is 0 Å². The second-order valence-electron chi connectivity index (χ2n) is 7.66. The Kier molecular flexibility index (Phi) is 6.70. The fraction of sp³-hybridized carbons (Fsp3) is 1.00. The summed E-state index contributed by atoms with van der Waals surface area (Å²) in [6, 6.07) is 0. The Bertz CT molecular complexity index is 353. The first-order valence-electron chi connectivity index (χ1n) is 9.28. The van der Waals surface area contributed by atoms with Gasteiger partial charge in [-0.3, -0.25) is 0 Å². The molecule has 3 rings (SSSR count). The molecule has 0 aromatic heterocycles. The molecule has 0 nitrogen and oxygen atoms in total. The highest BCUT2D eigenvalue weighted by Crippen LogP contribution is 2.61. The predicted octanol–water partition coefficient (Wildman–Crippen LogP) is 6.01. The van der Waals surface area contributed by atoms with Crippen molar-refractivity contribution in [2.45, 2.75) is 83.0 Å². The van der Waals surface area contributed by atoms with Crippen LogP contribution in [0.3, 0.4) is 0 Å². The molecule has 0 heterocycles. The van der Waals surface area contributed by atoms with E-state index in [9.17, 15) is 4.39 Å². The lowest BCUT2D eigenvalue weighted by atomic mass is 9.74. The molecule has 3 saturated carbocycles. The zero-order chi connectivity index (χ0) is 16.5. The van der Waals surface area contributed by atoms with Gasteiger partial charge in [-0.2, -0.15) is 0 Å². The molecule has 0 N–H and O–H groups in total. The van der Waals surface area contributed by atoms with Crippen LogP contribution in [0.4, 0.5) is 8.78 Å². The zero-order valence-corrected chi connectivity index (χ0v) is 16.7. The standard InChI is InChI=1S/C16H28F2P2.C2H6/c1-9-2-4-10(5-3-9)12-8-11-6-7-13(19)15(17)14(11)16(12,18)20;1-2/h9-15H,2-8,19-20H2,1H3;1-2H3. The normalized spacial score (nSPS) is 51.7. The maximum atomic E-state index is 15.4. The van der Waals surface area contributed by atoms with Gasteiger partial charge < -0.3 is 0 Å². The highest BCUT2D eigenvalue weighted by atomic mass is 31.0. The van der Waals surface area contributed by atoms with Gasteiger partial charge in [0.2, 0.25) is 0 Å². The second kappa shape index (κ2) is 7.74. The zero-order valence-electron chi connectivity index (χ0n) is 14.4. The summed E-state index contributed by atoms with van der Waals surface area (Å²) in [4.78, 5) is 0. The van der Waals surface area contributed by atoms with E-state index in [1.807, 2.05) is 13.8 Å². The maximum Gasteiger partial charge on any atom is 0.132 e. The first-order chi connectivity index (χ1) is 10.4. The molecule has 3 aliphatic carbocycles. The van der Waals surface area contributed by atoms with Crippen molar-refractivity contribution < 1.29 is 8.78 Å². The van der Waals surface area contributed by atoms with Crippen LogP contribution in [-0.4, -0.2) is 17.2 Å². The predicted molar refractivity (Wildman–Crippen MR) is 98.7 cm³/mol.